The Bertz CT molecular complexity index is 1100. The van der Waals surface area contributed by atoms with Crippen molar-refractivity contribution in [2.75, 3.05) is 13.2 Å². The van der Waals surface area contributed by atoms with Crippen LogP contribution in [0, 0.1) is 6.92 Å². The second-order valence-electron chi connectivity index (χ2n) is 6.83. The van der Waals surface area contributed by atoms with Crippen molar-refractivity contribution in [1.82, 2.24) is 19.9 Å². The largest absolute Gasteiger partial charge is 0.573 e. The molecular formula is C21H17F3N4O3. The van der Waals surface area contributed by atoms with E-state index in [9.17, 15) is 18.0 Å². The molecule has 0 saturated carbocycles. The van der Waals surface area contributed by atoms with Crippen LogP contribution in [0.15, 0.2) is 48.8 Å². The summed E-state index contributed by atoms with van der Waals surface area (Å²) < 4.78 is 46.6. The second-order valence-corrected chi connectivity index (χ2v) is 6.83. The third-order valence-electron chi connectivity index (χ3n) is 4.56. The molecule has 0 bridgehead atoms. The maximum absolute atomic E-state index is 13.1. The van der Waals surface area contributed by atoms with Gasteiger partial charge in [0.15, 0.2) is 0 Å². The number of amides is 1. The lowest BCUT2D eigenvalue weighted by atomic mass is 10.1. The molecule has 31 heavy (non-hydrogen) atoms. The molecule has 0 radical (unpaired) electrons. The first-order valence-electron chi connectivity index (χ1n) is 9.35. The van der Waals surface area contributed by atoms with Crippen LogP contribution in [0.2, 0.25) is 0 Å². The van der Waals surface area contributed by atoms with Crippen molar-refractivity contribution in [2.24, 2.45) is 0 Å². The van der Waals surface area contributed by atoms with Crippen LogP contribution in [-0.4, -0.2) is 45.3 Å². The highest BCUT2D eigenvalue weighted by molar-refractivity contribution is 5.98. The van der Waals surface area contributed by atoms with Crippen LogP contribution in [0.5, 0.6) is 11.5 Å². The molecule has 4 rings (SSSR count). The van der Waals surface area contributed by atoms with Crippen molar-refractivity contribution < 1.29 is 27.4 Å². The van der Waals surface area contributed by atoms with Gasteiger partial charge in [-0.1, -0.05) is 0 Å². The third kappa shape index (κ3) is 4.90. The van der Waals surface area contributed by atoms with E-state index in [0.717, 1.165) is 5.69 Å². The number of fused-ring (bicyclic) bond motifs is 1. The Balaban J connectivity index is 1.59. The van der Waals surface area contributed by atoms with E-state index in [1.165, 1.54) is 30.5 Å². The number of aromatic nitrogens is 3. The smallest absolute Gasteiger partial charge is 0.489 e. The van der Waals surface area contributed by atoms with Crippen molar-refractivity contribution in [2.45, 2.75) is 19.8 Å². The van der Waals surface area contributed by atoms with E-state index in [1.807, 2.05) is 6.92 Å². The lowest BCUT2D eigenvalue weighted by Crippen LogP contribution is -2.32. The Kier molecular flexibility index (Phi) is 5.45. The minimum Gasteiger partial charge on any atom is -0.489 e. The standard InChI is InChI=1S/C21H17F3N4O3/c1-13-6-7-25-19(27-13)12-28-8-9-30-18-11-26-17(10-16(18)20(28)29)14-2-4-15(5-3-14)31-21(22,23)24/h2-7,10-11H,8-9,12H2,1H3. The number of hydrogen-bond acceptors (Lipinski definition) is 6. The highest BCUT2D eigenvalue weighted by Crippen LogP contribution is 2.30. The van der Waals surface area contributed by atoms with E-state index < -0.39 is 6.36 Å². The number of pyridine rings is 1. The molecule has 3 heterocycles. The second kappa shape index (κ2) is 8.21. The predicted molar refractivity (Wildman–Crippen MR) is 103 cm³/mol. The summed E-state index contributed by atoms with van der Waals surface area (Å²) in [6.07, 6.45) is -1.69. The average Bonchev–Trinajstić information content (AvgIpc) is 2.86. The van der Waals surface area contributed by atoms with Crippen molar-refractivity contribution >= 4 is 5.91 Å². The molecule has 2 aromatic heterocycles. The molecule has 0 spiro atoms. The van der Waals surface area contributed by atoms with Gasteiger partial charge in [-0.25, -0.2) is 9.97 Å². The number of carbonyl (C=O) groups excluding carboxylic acids is 1. The highest BCUT2D eigenvalue weighted by Gasteiger charge is 2.31. The van der Waals surface area contributed by atoms with Crippen LogP contribution in [0.4, 0.5) is 13.2 Å². The Morgan fingerprint density at radius 2 is 1.94 bits per heavy atom. The van der Waals surface area contributed by atoms with Gasteiger partial charge in [0.1, 0.15) is 23.9 Å². The van der Waals surface area contributed by atoms with E-state index in [0.29, 0.717) is 34.9 Å². The monoisotopic (exact) mass is 430 g/mol. The first-order chi connectivity index (χ1) is 14.8. The molecule has 0 aliphatic carbocycles. The molecule has 0 N–H and O–H groups in total. The summed E-state index contributed by atoms with van der Waals surface area (Å²) in [5.74, 6) is 0.262. The Hall–Kier alpha value is -3.69. The Morgan fingerprint density at radius 3 is 2.65 bits per heavy atom. The zero-order valence-corrected chi connectivity index (χ0v) is 16.4. The molecule has 1 amide bonds. The number of nitrogens with zero attached hydrogens (tertiary/aromatic N) is 4. The van der Waals surface area contributed by atoms with Crippen LogP contribution in [-0.2, 0) is 6.54 Å². The summed E-state index contributed by atoms with van der Waals surface area (Å²) in [5.41, 5.74) is 2.06. The van der Waals surface area contributed by atoms with Crippen LogP contribution < -0.4 is 9.47 Å². The van der Waals surface area contributed by atoms with E-state index in [1.54, 1.807) is 23.2 Å². The molecule has 160 valence electrons. The minimum absolute atomic E-state index is 0.227. The molecule has 1 aromatic carbocycles. The highest BCUT2D eigenvalue weighted by atomic mass is 19.4. The van der Waals surface area contributed by atoms with Crippen molar-refractivity contribution in [3.05, 3.63) is 65.9 Å². The molecule has 0 unspecified atom stereocenters. The number of halogens is 3. The van der Waals surface area contributed by atoms with Gasteiger partial charge in [-0.05, 0) is 43.3 Å². The van der Waals surface area contributed by atoms with Gasteiger partial charge >= 0.3 is 6.36 Å². The maximum Gasteiger partial charge on any atom is 0.573 e. The fourth-order valence-electron chi connectivity index (χ4n) is 3.15. The van der Waals surface area contributed by atoms with Gasteiger partial charge < -0.3 is 14.4 Å². The summed E-state index contributed by atoms with van der Waals surface area (Å²) in [5, 5.41) is 0. The summed E-state index contributed by atoms with van der Waals surface area (Å²) in [4.78, 5) is 27.5. The van der Waals surface area contributed by atoms with E-state index in [2.05, 4.69) is 19.7 Å². The zero-order valence-electron chi connectivity index (χ0n) is 16.4. The van der Waals surface area contributed by atoms with Crippen molar-refractivity contribution in [1.29, 1.82) is 0 Å². The van der Waals surface area contributed by atoms with Gasteiger partial charge in [0.05, 0.1) is 30.5 Å². The molecular weight excluding hydrogens is 413 g/mol. The predicted octanol–water partition coefficient (Wildman–Crippen LogP) is 3.78. The van der Waals surface area contributed by atoms with Crippen molar-refractivity contribution in [3.8, 4) is 22.8 Å². The number of hydrogen-bond donors (Lipinski definition) is 0. The Labute approximate surface area is 175 Å². The molecule has 0 atom stereocenters. The van der Waals surface area contributed by atoms with Gasteiger partial charge in [0.2, 0.25) is 0 Å². The molecule has 10 heteroatoms. The molecule has 0 fully saturated rings. The molecule has 1 aliphatic rings. The maximum atomic E-state index is 13.1. The number of rotatable bonds is 4. The van der Waals surface area contributed by atoms with Crippen LogP contribution >= 0.6 is 0 Å². The average molecular weight is 430 g/mol. The van der Waals surface area contributed by atoms with Gasteiger partial charge in [0, 0.05) is 17.5 Å². The quantitative estimate of drug-likeness (QED) is 0.627. The summed E-state index contributed by atoms with van der Waals surface area (Å²) >= 11 is 0. The first-order valence-corrected chi connectivity index (χ1v) is 9.35. The normalized spacial score (nSPS) is 13.9. The number of benzene rings is 1. The molecule has 1 aliphatic heterocycles. The SMILES string of the molecule is Cc1ccnc(CN2CCOc3cnc(-c4ccc(OC(F)(F)F)cc4)cc3C2=O)n1. The van der Waals surface area contributed by atoms with Crippen LogP contribution in [0.25, 0.3) is 11.3 Å². The summed E-state index contributed by atoms with van der Waals surface area (Å²) in [6.45, 7) is 2.71. The fraction of sp³-hybridized carbons (Fsp3) is 0.238. The lowest BCUT2D eigenvalue weighted by molar-refractivity contribution is -0.274. The van der Waals surface area contributed by atoms with Gasteiger partial charge in [-0.15, -0.1) is 13.2 Å². The number of aryl methyl sites for hydroxylation is 1. The molecule has 3 aromatic rings. The van der Waals surface area contributed by atoms with Crippen LogP contribution in [0.3, 0.4) is 0 Å². The number of ether oxygens (including phenoxy) is 2. The third-order valence-corrected chi connectivity index (χ3v) is 4.56. The molecule has 0 saturated heterocycles. The van der Waals surface area contributed by atoms with E-state index in [-0.39, 0.29) is 24.8 Å². The fourth-order valence-corrected chi connectivity index (χ4v) is 3.15. The molecule has 7 nitrogen and oxygen atoms in total. The van der Waals surface area contributed by atoms with Gasteiger partial charge in [-0.2, -0.15) is 0 Å². The lowest BCUT2D eigenvalue weighted by Gasteiger charge is -2.19. The number of carbonyl (C=O) groups is 1. The van der Waals surface area contributed by atoms with E-state index >= 15 is 0 Å². The van der Waals surface area contributed by atoms with Gasteiger partial charge in [-0.3, -0.25) is 9.78 Å². The van der Waals surface area contributed by atoms with Crippen LogP contribution in [0.1, 0.15) is 21.9 Å². The number of alkyl halides is 3. The van der Waals surface area contributed by atoms with Gasteiger partial charge in [0.25, 0.3) is 5.91 Å². The summed E-state index contributed by atoms with van der Waals surface area (Å²) in [6, 6.07) is 8.60. The van der Waals surface area contributed by atoms with E-state index in [4.69, 9.17) is 4.74 Å². The topological polar surface area (TPSA) is 77.4 Å². The first kappa shape index (κ1) is 20.6. The summed E-state index contributed by atoms with van der Waals surface area (Å²) in [7, 11) is 0. The zero-order chi connectivity index (χ0) is 22.0. The Morgan fingerprint density at radius 1 is 1.16 bits per heavy atom. The minimum atomic E-state index is -4.77. The van der Waals surface area contributed by atoms with Crippen molar-refractivity contribution in [3.63, 3.8) is 0 Å².